The minimum Gasteiger partial charge on any atom is -0.490 e. The molecular formula is C19H25BrN2O4. The number of carbonyl (C=O) groups is 2. The zero-order valence-corrected chi connectivity index (χ0v) is 16.7. The summed E-state index contributed by atoms with van der Waals surface area (Å²) in [6.07, 6.45) is 1.97. The number of carbonyl (C=O) groups excluding carboxylic acids is 2. The minimum absolute atomic E-state index is 0.0357. The van der Waals surface area contributed by atoms with Gasteiger partial charge in [-0.15, -0.1) is 0 Å². The van der Waals surface area contributed by atoms with Crippen LogP contribution >= 0.6 is 15.9 Å². The quantitative estimate of drug-likeness (QED) is 0.710. The van der Waals surface area contributed by atoms with Crippen molar-refractivity contribution in [2.24, 2.45) is 5.41 Å². The van der Waals surface area contributed by atoms with Crippen LogP contribution < -0.4 is 15.4 Å². The Balaban J connectivity index is 1.62. The molecule has 2 heterocycles. The third-order valence-corrected chi connectivity index (χ3v) is 5.42. The van der Waals surface area contributed by atoms with Crippen molar-refractivity contribution in [3.8, 4) is 5.75 Å². The van der Waals surface area contributed by atoms with Crippen LogP contribution in [0.2, 0.25) is 0 Å². The van der Waals surface area contributed by atoms with Gasteiger partial charge in [0, 0.05) is 10.9 Å². The maximum atomic E-state index is 12.6. The largest absolute Gasteiger partial charge is 0.490 e. The van der Waals surface area contributed by atoms with Crippen LogP contribution in [-0.2, 0) is 9.53 Å². The number of hydrogen-bond acceptors (Lipinski definition) is 5. The van der Waals surface area contributed by atoms with E-state index in [1.807, 2.05) is 19.9 Å². The van der Waals surface area contributed by atoms with E-state index in [1.165, 1.54) is 0 Å². The van der Waals surface area contributed by atoms with E-state index in [1.54, 1.807) is 12.1 Å². The fourth-order valence-electron chi connectivity index (χ4n) is 3.60. The summed E-state index contributed by atoms with van der Waals surface area (Å²) in [5, 5.41) is 6.16. The molecule has 0 radical (unpaired) electrons. The number of piperidine rings is 1. The van der Waals surface area contributed by atoms with Crippen LogP contribution in [0.1, 0.15) is 43.5 Å². The van der Waals surface area contributed by atoms with Gasteiger partial charge in [0.1, 0.15) is 11.9 Å². The summed E-state index contributed by atoms with van der Waals surface area (Å²) in [5.41, 5.74) is 0.104. The number of nitrogens with one attached hydrogen (secondary N) is 2. The molecule has 2 fully saturated rings. The predicted octanol–water partition coefficient (Wildman–Crippen LogP) is 2.65. The molecule has 2 aliphatic rings. The van der Waals surface area contributed by atoms with Gasteiger partial charge in [-0.05, 0) is 58.0 Å². The molecule has 0 aromatic heterocycles. The fraction of sp³-hybridized carbons (Fsp3) is 0.579. The summed E-state index contributed by atoms with van der Waals surface area (Å²) >= 11 is 3.40. The van der Waals surface area contributed by atoms with Gasteiger partial charge in [-0.1, -0.05) is 15.9 Å². The van der Waals surface area contributed by atoms with Crippen LogP contribution in [-0.4, -0.2) is 43.7 Å². The molecule has 1 unspecified atom stereocenters. The van der Waals surface area contributed by atoms with Gasteiger partial charge in [-0.25, -0.2) is 0 Å². The Bertz CT molecular complexity index is 686. The molecule has 1 aromatic rings. The van der Waals surface area contributed by atoms with E-state index in [9.17, 15) is 9.59 Å². The van der Waals surface area contributed by atoms with Crippen LogP contribution in [0.25, 0.3) is 0 Å². The number of esters is 1. The molecule has 26 heavy (non-hydrogen) atoms. The molecule has 0 bridgehead atoms. The maximum Gasteiger partial charge on any atom is 0.312 e. The van der Waals surface area contributed by atoms with Crippen molar-refractivity contribution < 1.29 is 19.1 Å². The Morgan fingerprint density at radius 1 is 1.42 bits per heavy atom. The number of ether oxygens (including phenoxy) is 2. The zero-order valence-electron chi connectivity index (χ0n) is 15.1. The van der Waals surface area contributed by atoms with Gasteiger partial charge in [0.2, 0.25) is 0 Å². The normalized spacial score (nSPS) is 21.7. The highest BCUT2D eigenvalue weighted by molar-refractivity contribution is 9.10. The Hall–Kier alpha value is -1.60. The Kier molecular flexibility index (Phi) is 5.87. The molecule has 0 saturated carbocycles. The van der Waals surface area contributed by atoms with E-state index >= 15 is 0 Å². The summed E-state index contributed by atoms with van der Waals surface area (Å²) in [4.78, 5) is 24.9. The highest BCUT2D eigenvalue weighted by Gasteiger charge is 2.49. The lowest BCUT2D eigenvalue weighted by Crippen LogP contribution is -2.39. The number of rotatable bonds is 5. The predicted molar refractivity (Wildman–Crippen MR) is 101 cm³/mol. The van der Waals surface area contributed by atoms with E-state index in [2.05, 4.69) is 26.6 Å². The van der Waals surface area contributed by atoms with E-state index in [4.69, 9.17) is 9.47 Å². The van der Waals surface area contributed by atoms with Crippen molar-refractivity contribution in [3.05, 3.63) is 28.2 Å². The zero-order chi connectivity index (χ0) is 18.7. The molecule has 0 aliphatic carbocycles. The minimum atomic E-state index is -0.371. The lowest BCUT2D eigenvalue weighted by atomic mass is 9.76. The average molecular weight is 425 g/mol. The maximum absolute atomic E-state index is 12.6. The summed E-state index contributed by atoms with van der Waals surface area (Å²) in [6, 6.07) is 5.32. The third-order valence-electron chi connectivity index (χ3n) is 4.93. The smallest absolute Gasteiger partial charge is 0.312 e. The van der Waals surface area contributed by atoms with E-state index in [0.717, 1.165) is 30.4 Å². The monoisotopic (exact) mass is 424 g/mol. The molecule has 7 heteroatoms. The summed E-state index contributed by atoms with van der Waals surface area (Å²) in [7, 11) is 0. The fourth-order valence-corrected chi connectivity index (χ4v) is 3.94. The lowest BCUT2D eigenvalue weighted by Gasteiger charge is -2.29. The molecule has 2 saturated heterocycles. The van der Waals surface area contributed by atoms with Crippen molar-refractivity contribution in [3.63, 3.8) is 0 Å². The molecule has 3 rings (SSSR count). The first-order valence-corrected chi connectivity index (χ1v) is 9.85. The molecule has 1 spiro atoms. The second-order valence-electron chi connectivity index (χ2n) is 7.28. The van der Waals surface area contributed by atoms with Crippen molar-refractivity contribution in [1.82, 2.24) is 10.6 Å². The van der Waals surface area contributed by atoms with Crippen LogP contribution in [0, 0.1) is 5.41 Å². The third kappa shape index (κ3) is 4.20. The van der Waals surface area contributed by atoms with Gasteiger partial charge >= 0.3 is 5.97 Å². The molecule has 2 N–H and O–H groups in total. The first kappa shape index (κ1) is 19.2. The van der Waals surface area contributed by atoms with Crippen LogP contribution in [0.3, 0.4) is 0 Å². The highest BCUT2D eigenvalue weighted by atomic mass is 79.9. The van der Waals surface area contributed by atoms with Gasteiger partial charge in [0.15, 0.2) is 0 Å². The van der Waals surface area contributed by atoms with E-state index < -0.39 is 0 Å². The molecule has 142 valence electrons. The van der Waals surface area contributed by atoms with Gasteiger partial charge in [-0.2, -0.15) is 0 Å². The van der Waals surface area contributed by atoms with Crippen LogP contribution in [0.5, 0.6) is 5.75 Å². The highest BCUT2D eigenvalue weighted by Crippen LogP contribution is 2.41. The summed E-state index contributed by atoms with van der Waals surface area (Å²) in [6.45, 7) is 5.82. The van der Waals surface area contributed by atoms with Gasteiger partial charge in [0.05, 0.1) is 23.6 Å². The molecule has 1 atom stereocenters. The van der Waals surface area contributed by atoms with Crippen molar-refractivity contribution in [1.29, 1.82) is 0 Å². The summed E-state index contributed by atoms with van der Waals surface area (Å²) < 4.78 is 12.1. The van der Waals surface area contributed by atoms with Crippen molar-refractivity contribution in [2.45, 2.75) is 45.3 Å². The first-order valence-electron chi connectivity index (χ1n) is 9.06. The van der Waals surface area contributed by atoms with Gasteiger partial charge < -0.3 is 20.1 Å². The van der Waals surface area contributed by atoms with Gasteiger partial charge in [-0.3, -0.25) is 9.59 Å². The second kappa shape index (κ2) is 7.96. The Morgan fingerprint density at radius 2 is 2.15 bits per heavy atom. The van der Waals surface area contributed by atoms with Crippen molar-refractivity contribution in [2.75, 3.05) is 19.6 Å². The molecule has 2 aliphatic heterocycles. The van der Waals surface area contributed by atoms with E-state index in [-0.39, 0.29) is 29.5 Å². The number of hydrogen-bond donors (Lipinski definition) is 2. The molecule has 6 nitrogen and oxygen atoms in total. The topological polar surface area (TPSA) is 76.7 Å². The van der Waals surface area contributed by atoms with E-state index in [0.29, 0.717) is 24.3 Å². The van der Waals surface area contributed by atoms with Crippen molar-refractivity contribution >= 4 is 27.8 Å². The lowest BCUT2D eigenvalue weighted by molar-refractivity contribution is -0.149. The molecule has 1 amide bonds. The number of amides is 1. The SMILES string of the molecule is CC(C)Oc1cc(Br)ccc1C(=O)NCC1CC2(CCNCC2)C(=O)O1. The van der Waals surface area contributed by atoms with Crippen LogP contribution in [0.15, 0.2) is 22.7 Å². The summed E-state index contributed by atoms with van der Waals surface area (Å²) in [5.74, 6) is 0.186. The standard InChI is InChI=1S/C19H25BrN2O4/c1-12(2)25-16-9-13(20)3-4-15(16)17(23)22-11-14-10-19(18(24)26-14)5-7-21-8-6-19/h3-4,9,12,14,21H,5-8,10-11H2,1-2H3,(H,22,23). The van der Waals surface area contributed by atoms with Crippen LogP contribution in [0.4, 0.5) is 0 Å². The Labute approximate surface area is 162 Å². The number of cyclic esters (lactones) is 1. The Morgan fingerprint density at radius 3 is 2.85 bits per heavy atom. The average Bonchev–Trinajstić information content (AvgIpc) is 2.88. The van der Waals surface area contributed by atoms with Gasteiger partial charge in [0.25, 0.3) is 5.91 Å². The molecular weight excluding hydrogens is 400 g/mol. The number of benzene rings is 1. The molecule has 1 aromatic carbocycles. The first-order chi connectivity index (χ1) is 12.4. The second-order valence-corrected chi connectivity index (χ2v) is 8.19. The number of halogens is 1.